The average Bonchev–Trinajstić information content (AvgIpc) is 3.39. The highest BCUT2D eigenvalue weighted by Gasteiger charge is 2.74. The third-order valence-corrected chi connectivity index (χ3v) is 18.5. The lowest BCUT2D eigenvalue weighted by atomic mass is 9.31. The average molecular weight is 810 g/mol. The van der Waals surface area contributed by atoms with Crippen LogP contribution in [-0.2, 0) is 32.2 Å². The number of hydrogen-bond donors (Lipinski definition) is 7. The molecule has 0 radical (unpaired) electrons. The number of aliphatic hydroxyl groups excluding tert-OH is 5. The molecule has 11 nitrogen and oxygen atoms in total. The van der Waals surface area contributed by atoms with Gasteiger partial charge in [0.15, 0.2) is 6.29 Å². The molecule has 0 aromatic heterocycles. The Morgan fingerprint density at radius 1 is 0.879 bits per heavy atom. The van der Waals surface area contributed by atoms with Gasteiger partial charge in [0, 0.05) is 18.6 Å². The van der Waals surface area contributed by atoms with Gasteiger partial charge in [0.2, 0.25) is 0 Å². The smallest absolute Gasteiger partial charge is 0.310 e. The minimum Gasteiger partial charge on any atom is -0.481 e. The van der Waals surface area contributed by atoms with Crippen molar-refractivity contribution in [2.45, 2.75) is 149 Å². The molecule has 1 aliphatic heterocycles. The molecule has 6 aliphatic carbocycles. The summed E-state index contributed by atoms with van der Waals surface area (Å²) in [5.41, 5.74) is 0.808. The fraction of sp³-hybridized carbons (Fsp3) is 0.809. The van der Waals surface area contributed by atoms with E-state index in [-0.39, 0.29) is 71.1 Å². The first-order chi connectivity index (χ1) is 27.5. The zero-order valence-corrected chi connectivity index (χ0v) is 35.7. The van der Waals surface area contributed by atoms with Gasteiger partial charge in [0.1, 0.15) is 18.3 Å². The minimum atomic E-state index is -1.48. The van der Waals surface area contributed by atoms with Crippen LogP contribution < -0.4 is 5.32 Å². The molecule has 2 bridgehead atoms. The van der Waals surface area contributed by atoms with Crippen LogP contribution in [0.4, 0.5) is 0 Å². The predicted octanol–water partition coefficient (Wildman–Crippen LogP) is 5.19. The summed E-state index contributed by atoms with van der Waals surface area (Å²) in [4.78, 5) is 13.7. The molecule has 1 saturated heterocycles. The van der Waals surface area contributed by atoms with E-state index in [0.29, 0.717) is 25.9 Å². The van der Waals surface area contributed by atoms with Gasteiger partial charge in [0.05, 0.1) is 37.4 Å². The molecule has 0 spiro atoms. The van der Waals surface area contributed by atoms with Crippen LogP contribution in [0.2, 0.25) is 0 Å². The summed E-state index contributed by atoms with van der Waals surface area (Å²) in [6.45, 7) is 12.4. The fourth-order valence-electron chi connectivity index (χ4n) is 15.4. The number of nitrogens with one attached hydrogen (secondary N) is 1. The summed E-state index contributed by atoms with van der Waals surface area (Å²) in [6.07, 6.45) is 4.09. The fourth-order valence-corrected chi connectivity index (χ4v) is 15.4. The molecule has 1 aromatic carbocycles. The van der Waals surface area contributed by atoms with Crippen molar-refractivity contribution in [2.75, 3.05) is 26.9 Å². The van der Waals surface area contributed by atoms with Crippen molar-refractivity contribution >= 4 is 5.97 Å². The van der Waals surface area contributed by atoms with E-state index in [2.05, 4.69) is 70.3 Å². The highest BCUT2D eigenvalue weighted by molar-refractivity contribution is 5.77. The highest BCUT2D eigenvalue weighted by atomic mass is 16.7. The van der Waals surface area contributed by atoms with E-state index < -0.39 is 53.6 Å². The van der Waals surface area contributed by atoms with Crippen molar-refractivity contribution in [2.24, 2.45) is 62.1 Å². The number of aliphatic carboxylic acids is 1. The Kier molecular flexibility index (Phi) is 11.2. The molecule has 6 fully saturated rings. The Hall–Kier alpha value is -1.93. The number of aliphatic hydroxyl groups is 5. The van der Waals surface area contributed by atoms with Crippen LogP contribution in [0.15, 0.2) is 35.9 Å². The number of benzene rings is 1. The lowest BCUT2D eigenvalue weighted by Gasteiger charge is -2.73. The molecule has 324 valence electrons. The number of hydrogen-bond acceptors (Lipinski definition) is 10. The molecule has 11 heteroatoms. The molecule has 17 atom stereocenters. The normalized spacial score (nSPS) is 49.8. The summed E-state index contributed by atoms with van der Waals surface area (Å²) in [5.74, 6) is -0.301. The van der Waals surface area contributed by atoms with Gasteiger partial charge in [-0.3, -0.25) is 4.79 Å². The topological polar surface area (TPSA) is 178 Å². The van der Waals surface area contributed by atoms with E-state index in [1.54, 1.807) is 0 Å². The van der Waals surface area contributed by atoms with Crippen molar-refractivity contribution in [3.8, 4) is 0 Å². The summed E-state index contributed by atoms with van der Waals surface area (Å²) in [7, 11) is 1.92. The van der Waals surface area contributed by atoms with Gasteiger partial charge in [0.25, 0.3) is 0 Å². The number of rotatable bonds is 10. The largest absolute Gasteiger partial charge is 0.481 e. The van der Waals surface area contributed by atoms with E-state index in [9.17, 15) is 35.4 Å². The Bertz CT molecular complexity index is 1720. The van der Waals surface area contributed by atoms with E-state index >= 15 is 0 Å². The molecule has 7 aliphatic rings. The van der Waals surface area contributed by atoms with Crippen LogP contribution in [0, 0.1) is 62.1 Å². The van der Waals surface area contributed by atoms with Gasteiger partial charge in [-0.05, 0) is 127 Å². The number of allylic oxidation sites excluding steroid dienone is 2. The van der Waals surface area contributed by atoms with Crippen molar-refractivity contribution < 1.29 is 49.6 Å². The maximum Gasteiger partial charge on any atom is 0.310 e. The van der Waals surface area contributed by atoms with Crippen LogP contribution in [0.5, 0.6) is 0 Å². The van der Waals surface area contributed by atoms with Gasteiger partial charge in [-0.2, -0.15) is 0 Å². The number of fused-ring (bicyclic) bond motifs is 8. The van der Waals surface area contributed by atoms with Gasteiger partial charge < -0.3 is 50.2 Å². The standard InChI is InChI=1S/C47H71NO10/c1-42(25-49)18-30-9-7-8-29-19-47(30,41(54)55)32(20-42)31-14-15-36-43(2)21-34(56-23-28-12-10-27(11-13-28)22-48-6)39(58-40-38(53)37(52)33(51)24-57-40)44(3,26-50)35(43)16-17-45(36,4)46(29,31)5/h10-14,29-30,32-40,48-53H,7-9,15-26H2,1-6H3,(H,54,55). The summed E-state index contributed by atoms with van der Waals surface area (Å²) < 4.78 is 19.5. The Morgan fingerprint density at radius 3 is 2.26 bits per heavy atom. The lowest BCUT2D eigenvalue weighted by molar-refractivity contribution is -0.333. The minimum absolute atomic E-state index is 0.0103. The van der Waals surface area contributed by atoms with Crippen LogP contribution in [-0.4, -0.2) is 100 Å². The van der Waals surface area contributed by atoms with E-state index in [1.165, 1.54) is 11.1 Å². The van der Waals surface area contributed by atoms with Crippen LogP contribution in [0.25, 0.3) is 0 Å². The van der Waals surface area contributed by atoms with Gasteiger partial charge in [-0.25, -0.2) is 0 Å². The molecule has 1 heterocycles. The third kappa shape index (κ3) is 6.17. The predicted molar refractivity (Wildman–Crippen MR) is 217 cm³/mol. The molecule has 0 amide bonds. The zero-order chi connectivity index (χ0) is 41.6. The van der Waals surface area contributed by atoms with Crippen LogP contribution >= 0.6 is 0 Å². The van der Waals surface area contributed by atoms with Gasteiger partial charge in [-0.1, -0.05) is 77.0 Å². The molecule has 1 aromatic rings. The molecule has 17 unspecified atom stereocenters. The van der Waals surface area contributed by atoms with Crippen LogP contribution in [0.1, 0.15) is 110 Å². The maximum absolute atomic E-state index is 13.7. The summed E-state index contributed by atoms with van der Waals surface area (Å²) >= 11 is 0. The first-order valence-electron chi connectivity index (χ1n) is 22.3. The summed E-state index contributed by atoms with van der Waals surface area (Å²) in [6, 6.07) is 8.32. The number of carboxylic acids is 1. The van der Waals surface area contributed by atoms with Crippen molar-refractivity contribution in [3.05, 3.63) is 47.0 Å². The monoisotopic (exact) mass is 810 g/mol. The molecule has 58 heavy (non-hydrogen) atoms. The van der Waals surface area contributed by atoms with E-state index in [4.69, 9.17) is 14.2 Å². The first-order valence-corrected chi connectivity index (χ1v) is 22.3. The Morgan fingerprint density at radius 2 is 1.59 bits per heavy atom. The first kappa shape index (κ1) is 42.7. The zero-order valence-electron chi connectivity index (χ0n) is 35.7. The van der Waals surface area contributed by atoms with E-state index in [0.717, 1.165) is 57.1 Å². The quantitative estimate of drug-likeness (QED) is 0.122. The molecule has 7 N–H and O–H groups in total. The Balaban J connectivity index is 1.19. The second-order valence-electron chi connectivity index (χ2n) is 21.3. The maximum atomic E-state index is 13.7. The van der Waals surface area contributed by atoms with Crippen LogP contribution in [0.3, 0.4) is 0 Å². The second kappa shape index (κ2) is 15.2. The van der Waals surface area contributed by atoms with Gasteiger partial charge >= 0.3 is 5.97 Å². The second-order valence-corrected chi connectivity index (χ2v) is 21.3. The highest BCUT2D eigenvalue weighted by Crippen LogP contribution is 2.78. The number of carbonyl (C=O) groups is 1. The lowest BCUT2D eigenvalue weighted by Crippen LogP contribution is -2.70. The molecular weight excluding hydrogens is 739 g/mol. The SMILES string of the molecule is CNCc1ccc(COC2CC3(C)C(CCC4(C)C3CC=C3C5CC(C)(CO)CC6CCCC(CC65C(=O)O)C34C)C(C)(CO)C2OC2OCC(O)C(O)C2O)cc1. The number of ether oxygens (including phenoxy) is 3. The van der Waals surface area contributed by atoms with Crippen molar-refractivity contribution in [3.63, 3.8) is 0 Å². The summed E-state index contributed by atoms with van der Waals surface area (Å²) in [5, 5.41) is 68.8. The van der Waals surface area contributed by atoms with Crippen molar-refractivity contribution in [1.29, 1.82) is 0 Å². The third-order valence-electron chi connectivity index (χ3n) is 18.5. The molecule has 5 saturated carbocycles. The van der Waals surface area contributed by atoms with Crippen molar-refractivity contribution in [1.82, 2.24) is 5.32 Å². The molecule has 8 rings (SSSR count). The number of carboxylic acid groups (broad SMARTS) is 1. The van der Waals surface area contributed by atoms with Gasteiger partial charge in [-0.15, -0.1) is 0 Å². The van der Waals surface area contributed by atoms with E-state index in [1.807, 2.05) is 7.05 Å². The molecular formula is C47H71NO10. The Labute approximate surface area is 344 Å².